The average Bonchev–Trinajstić information content (AvgIpc) is 2.37. The van der Waals surface area contributed by atoms with E-state index < -0.39 is 5.38 Å². The molecule has 2 nitrogen and oxygen atoms in total. The summed E-state index contributed by atoms with van der Waals surface area (Å²) in [6.45, 7) is 4.08. The molecule has 1 rings (SSSR count). The lowest BCUT2D eigenvalue weighted by atomic mass is 10.0. The Kier molecular flexibility index (Phi) is 6.06. The summed E-state index contributed by atoms with van der Waals surface area (Å²) in [5, 5.41) is 2.58. The molecule has 0 saturated heterocycles. The fourth-order valence-electron chi connectivity index (χ4n) is 1.75. The van der Waals surface area contributed by atoms with Crippen LogP contribution in [0.1, 0.15) is 44.7 Å². The van der Waals surface area contributed by atoms with Crippen LogP contribution in [0.3, 0.4) is 0 Å². The Bertz CT molecular complexity index is 339. The third-order valence-electron chi connectivity index (χ3n) is 2.75. The van der Waals surface area contributed by atoms with Gasteiger partial charge in [-0.1, -0.05) is 50.6 Å². The van der Waals surface area contributed by atoms with E-state index in [0.717, 1.165) is 24.8 Å². The third-order valence-corrected chi connectivity index (χ3v) is 3.17. The summed E-state index contributed by atoms with van der Waals surface area (Å²) < 4.78 is 0. The maximum absolute atomic E-state index is 11.8. The molecule has 0 spiro atoms. The van der Waals surface area contributed by atoms with Crippen LogP contribution < -0.4 is 5.32 Å². The number of alkyl halides is 1. The van der Waals surface area contributed by atoms with Crippen LogP contribution in [-0.2, 0) is 4.79 Å². The standard InChI is InChI=1S/C14H20ClNO/c1-3-8-12(15)14(17)16-13(4-2)11-9-6-5-7-10-11/h5-7,9-10,12-13H,3-4,8H2,1-2H3,(H,16,17)/t12-,13-/m1/s1. The number of nitrogens with one attached hydrogen (secondary N) is 1. The monoisotopic (exact) mass is 253 g/mol. The van der Waals surface area contributed by atoms with Gasteiger partial charge in [0.25, 0.3) is 0 Å². The molecule has 0 heterocycles. The maximum atomic E-state index is 11.8. The molecule has 0 aromatic heterocycles. The molecule has 0 bridgehead atoms. The summed E-state index contributed by atoms with van der Waals surface area (Å²) in [6.07, 6.45) is 2.51. The predicted octanol–water partition coefficient (Wildman–Crippen LogP) is 3.66. The molecule has 94 valence electrons. The highest BCUT2D eigenvalue weighted by Crippen LogP contribution is 2.17. The van der Waals surface area contributed by atoms with E-state index in [4.69, 9.17) is 11.6 Å². The fraction of sp³-hybridized carbons (Fsp3) is 0.500. The second-order valence-corrected chi connectivity index (χ2v) is 4.66. The Morgan fingerprint density at radius 3 is 2.47 bits per heavy atom. The van der Waals surface area contributed by atoms with Crippen molar-refractivity contribution in [1.82, 2.24) is 5.32 Å². The third kappa shape index (κ3) is 4.39. The number of halogens is 1. The number of hydrogen-bond donors (Lipinski definition) is 1. The van der Waals surface area contributed by atoms with Crippen LogP contribution in [0.5, 0.6) is 0 Å². The molecule has 0 radical (unpaired) electrons. The highest BCUT2D eigenvalue weighted by molar-refractivity contribution is 6.30. The minimum Gasteiger partial charge on any atom is -0.348 e. The molecule has 1 aromatic rings. The molecular weight excluding hydrogens is 234 g/mol. The highest BCUT2D eigenvalue weighted by atomic mass is 35.5. The highest BCUT2D eigenvalue weighted by Gasteiger charge is 2.18. The molecule has 0 aliphatic rings. The van der Waals surface area contributed by atoms with Crippen LogP contribution in [0.15, 0.2) is 30.3 Å². The van der Waals surface area contributed by atoms with Gasteiger partial charge >= 0.3 is 0 Å². The minimum absolute atomic E-state index is 0.0572. The van der Waals surface area contributed by atoms with E-state index in [2.05, 4.69) is 12.2 Å². The molecule has 2 atom stereocenters. The molecule has 0 aliphatic carbocycles. The topological polar surface area (TPSA) is 29.1 Å². The smallest absolute Gasteiger partial charge is 0.238 e. The molecule has 0 unspecified atom stereocenters. The molecule has 1 aromatic carbocycles. The molecule has 0 saturated carbocycles. The summed E-state index contributed by atoms with van der Waals surface area (Å²) in [5.74, 6) is -0.0655. The van der Waals surface area contributed by atoms with E-state index in [1.165, 1.54) is 0 Å². The van der Waals surface area contributed by atoms with E-state index in [-0.39, 0.29) is 11.9 Å². The molecule has 3 heteroatoms. The lowest BCUT2D eigenvalue weighted by molar-refractivity contribution is -0.121. The zero-order valence-corrected chi connectivity index (χ0v) is 11.2. The lowest BCUT2D eigenvalue weighted by Gasteiger charge is -2.19. The van der Waals surface area contributed by atoms with Crippen molar-refractivity contribution < 1.29 is 4.79 Å². The fourth-order valence-corrected chi connectivity index (χ4v) is 2.03. The van der Waals surface area contributed by atoms with Crippen molar-refractivity contribution >= 4 is 17.5 Å². The summed E-state index contributed by atoms with van der Waals surface area (Å²) in [7, 11) is 0. The van der Waals surface area contributed by atoms with Crippen molar-refractivity contribution in [2.75, 3.05) is 0 Å². The summed E-state index contributed by atoms with van der Waals surface area (Å²) in [6, 6.07) is 10.0. The van der Waals surface area contributed by atoms with Crippen LogP contribution in [0.4, 0.5) is 0 Å². The summed E-state index contributed by atoms with van der Waals surface area (Å²) in [4.78, 5) is 11.8. The first-order valence-corrected chi connectivity index (χ1v) is 6.62. The van der Waals surface area contributed by atoms with Crippen molar-refractivity contribution in [3.05, 3.63) is 35.9 Å². The quantitative estimate of drug-likeness (QED) is 0.771. The van der Waals surface area contributed by atoms with Gasteiger partial charge in [-0.05, 0) is 18.4 Å². The van der Waals surface area contributed by atoms with Gasteiger partial charge in [0.1, 0.15) is 5.38 Å². The maximum Gasteiger partial charge on any atom is 0.238 e. The molecule has 1 N–H and O–H groups in total. The zero-order valence-electron chi connectivity index (χ0n) is 10.4. The Balaban J connectivity index is 2.62. The molecule has 0 fully saturated rings. The van der Waals surface area contributed by atoms with Crippen molar-refractivity contribution in [3.63, 3.8) is 0 Å². The number of benzene rings is 1. The lowest BCUT2D eigenvalue weighted by Crippen LogP contribution is -2.34. The zero-order chi connectivity index (χ0) is 12.7. The normalized spacial score (nSPS) is 14.1. The second kappa shape index (κ2) is 7.33. The largest absolute Gasteiger partial charge is 0.348 e. The molecule has 0 aliphatic heterocycles. The van der Waals surface area contributed by atoms with E-state index in [1.54, 1.807) is 0 Å². The number of carbonyl (C=O) groups excluding carboxylic acids is 1. The Morgan fingerprint density at radius 1 is 1.29 bits per heavy atom. The predicted molar refractivity (Wildman–Crippen MR) is 72.2 cm³/mol. The first-order chi connectivity index (χ1) is 8.19. The SMILES string of the molecule is CCC[C@@H](Cl)C(=O)N[C@H](CC)c1ccccc1. The van der Waals surface area contributed by atoms with Crippen LogP contribution in [0, 0.1) is 0 Å². The minimum atomic E-state index is -0.419. The van der Waals surface area contributed by atoms with Crippen molar-refractivity contribution in [3.8, 4) is 0 Å². The van der Waals surface area contributed by atoms with Gasteiger partial charge in [0.15, 0.2) is 0 Å². The van der Waals surface area contributed by atoms with E-state index >= 15 is 0 Å². The number of carbonyl (C=O) groups is 1. The van der Waals surface area contributed by atoms with Crippen LogP contribution in [-0.4, -0.2) is 11.3 Å². The van der Waals surface area contributed by atoms with Crippen molar-refractivity contribution in [2.24, 2.45) is 0 Å². The van der Waals surface area contributed by atoms with Crippen molar-refractivity contribution in [2.45, 2.75) is 44.5 Å². The number of amides is 1. The molecule has 17 heavy (non-hydrogen) atoms. The van der Waals surface area contributed by atoms with Gasteiger partial charge in [0.05, 0.1) is 6.04 Å². The van der Waals surface area contributed by atoms with Gasteiger partial charge in [-0.3, -0.25) is 4.79 Å². The average molecular weight is 254 g/mol. The first kappa shape index (κ1) is 14.0. The number of hydrogen-bond acceptors (Lipinski definition) is 1. The van der Waals surface area contributed by atoms with Crippen LogP contribution in [0.2, 0.25) is 0 Å². The second-order valence-electron chi connectivity index (χ2n) is 4.14. The summed E-state index contributed by atoms with van der Waals surface area (Å²) >= 11 is 6.01. The van der Waals surface area contributed by atoms with Gasteiger partial charge in [0, 0.05) is 0 Å². The van der Waals surface area contributed by atoms with E-state index in [1.807, 2.05) is 37.3 Å². The van der Waals surface area contributed by atoms with E-state index in [0.29, 0.717) is 0 Å². The van der Waals surface area contributed by atoms with Gasteiger partial charge in [-0.2, -0.15) is 0 Å². The van der Waals surface area contributed by atoms with Gasteiger partial charge < -0.3 is 5.32 Å². The Labute approximate surface area is 108 Å². The van der Waals surface area contributed by atoms with Crippen LogP contribution >= 0.6 is 11.6 Å². The molecule has 1 amide bonds. The summed E-state index contributed by atoms with van der Waals surface area (Å²) in [5.41, 5.74) is 1.13. The van der Waals surface area contributed by atoms with E-state index in [9.17, 15) is 4.79 Å². The Morgan fingerprint density at radius 2 is 1.94 bits per heavy atom. The van der Waals surface area contributed by atoms with Gasteiger partial charge in [-0.25, -0.2) is 0 Å². The van der Waals surface area contributed by atoms with Gasteiger partial charge in [0.2, 0.25) is 5.91 Å². The van der Waals surface area contributed by atoms with Gasteiger partial charge in [-0.15, -0.1) is 11.6 Å². The Hall–Kier alpha value is -1.02. The first-order valence-electron chi connectivity index (χ1n) is 6.18. The molecular formula is C14H20ClNO. The van der Waals surface area contributed by atoms with Crippen molar-refractivity contribution in [1.29, 1.82) is 0 Å². The number of rotatable bonds is 6. The van der Waals surface area contributed by atoms with Crippen LogP contribution in [0.25, 0.3) is 0 Å².